The van der Waals surface area contributed by atoms with Gasteiger partial charge >= 0.3 is 0 Å². The van der Waals surface area contributed by atoms with Crippen molar-refractivity contribution >= 4 is 5.84 Å². The highest BCUT2D eigenvalue weighted by Crippen LogP contribution is 2.30. The van der Waals surface area contributed by atoms with E-state index in [1.54, 1.807) is 0 Å². The van der Waals surface area contributed by atoms with Gasteiger partial charge in [0.1, 0.15) is 5.84 Å². The number of amidine groups is 1. The Balaban J connectivity index is 2.45. The fourth-order valence-electron chi connectivity index (χ4n) is 2.01. The molecule has 2 unspecified atom stereocenters. The van der Waals surface area contributed by atoms with E-state index < -0.39 is 0 Å². The van der Waals surface area contributed by atoms with E-state index in [1.165, 1.54) is 19.3 Å². The average molecular weight is 170 g/mol. The van der Waals surface area contributed by atoms with Gasteiger partial charge in [-0.05, 0) is 18.8 Å². The maximum absolute atomic E-state index is 8.51. The highest BCUT2D eigenvalue weighted by atomic mass is 16.4. The number of rotatable bonds is 2. The monoisotopic (exact) mass is 170 g/mol. The quantitative estimate of drug-likeness (QED) is 0.288. The molecule has 3 nitrogen and oxygen atoms in total. The van der Waals surface area contributed by atoms with Gasteiger partial charge < -0.3 is 10.9 Å². The molecular weight excluding hydrogens is 152 g/mol. The van der Waals surface area contributed by atoms with E-state index in [1.807, 2.05) is 0 Å². The maximum atomic E-state index is 8.51. The number of oxime groups is 1. The lowest BCUT2D eigenvalue weighted by Gasteiger charge is -2.27. The van der Waals surface area contributed by atoms with E-state index in [4.69, 9.17) is 10.9 Å². The summed E-state index contributed by atoms with van der Waals surface area (Å²) in [5.74, 6) is 1.53. The first-order valence-electron chi connectivity index (χ1n) is 4.75. The lowest BCUT2D eigenvalue weighted by Crippen LogP contribution is -2.28. The summed E-state index contributed by atoms with van der Waals surface area (Å²) in [6.45, 7) is 2.21. The Kier molecular flexibility index (Phi) is 3.38. The van der Waals surface area contributed by atoms with Crippen LogP contribution in [-0.2, 0) is 0 Å². The van der Waals surface area contributed by atoms with Gasteiger partial charge in [0.15, 0.2) is 0 Å². The van der Waals surface area contributed by atoms with Crippen molar-refractivity contribution in [2.75, 3.05) is 0 Å². The van der Waals surface area contributed by atoms with Gasteiger partial charge in [-0.1, -0.05) is 31.3 Å². The van der Waals surface area contributed by atoms with Crippen LogP contribution in [0.15, 0.2) is 5.16 Å². The molecule has 12 heavy (non-hydrogen) atoms. The Morgan fingerprint density at radius 3 is 2.92 bits per heavy atom. The van der Waals surface area contributed by atoms with Crippen molar-refractivity contribution in [2.24, 2.45) is 22.7 Å². The van der Waals surface area contributed by atoms with E-state index in [0.29, 0.717) is 11.8 Å². The smallest absolute Gasteiger partial charge is 0.142 e. The lowest BCUT2D eigenvalue weighted by molar-refractivity contribution is 0.285. The van der Waals surface area contributed by atoms with Crippen LogP contribution in [0.4, 0.5) is 0 Å². The Morgan fingerprint density at radius 1 is 1.58 bits per heavy atom. The summed E-state index contributed by atoms with van der Waals surface area (Å²) in [4.78, 5) is 0. The Bertz CT molecular complexity index is 168. The highest BCUT2D eigenvalue weighted by molar-refractivity contribution is 5.82. The second-order valence-electron chi connectivity index (χ2n) is 3.66. The van der Waals surface area contributed by atoms with Crippen molar-refractivity contribution in [1.29, 1.82) is 0 Å². The number of hydrogen-bond acceptors (Lipinski definition) is 2. The molecule has 0 aromatic carbocycles. The van der Waals surface area contributed by atoms with Gasteiger partial charge in [-0.25, -0.2) is 0 Å². The summed E-state index contributed by atoms with van der Waals surface area (Å²) in [6.07, 6.45) is 5.94. The molecule has 1 aliphatic carbocycles. The molecule has 3 heteroatoms. The average Bonchev–Trinajstić information content (AvgIpc) is 2.17. The largest absolute Gasteiger partial charge is 0.409 e. The highest BCUT2D eigenvalue weighted by Gasteiger charge is 2.23. The summed E-state index contributed by atoms with van der Waals surface area (Å²) < 4.78 is 0. The number of nitrogens with zero attached hydrogens (tertiary/aromatic N) is 1. The molecule has 70 valence electrons. The van der Waals surface area contributed by atoms with E-state index >= 15 is 0 Å². The predicted molar refractivity (Wildman–Crippen MR) is 49.1 cm³/mol. The van der Waals surface area contributed by atoms with Crippen LogP contribution in [0.25, 0.3) is 0 Å². The van der Waals surface area contributed by atoms with Gasteiger partial charge in [0.25, 0.3) is 0 Å². The molecule has 0 bridgehead atoms. The Hall–Kier alpha value is -0.730. The SMILES string of the molecule is CCC1CCCC(C(N)=NO)C1. The van der Waals surface area contributed by atoms with Crippen LogP contribution in [0.3, 0.4) is 0 Å². The van der Waals surface area contributed by atoms with Crippen molar-refractivity contribution < 1.29 is 5.21 Å². The lowest BCUT2D eigenvalue weighted by atomic mass is 9.80. The molecule has 1 saturated carbocycles. The van der Waals surface area contributed by atoms with E-state index in [-0.39, 0.29) is 0 Å². The van der Waals surface area contributed by atoms with E-state index in [9.17, 15) is 0 Å². The van der Waals surface area contributed by atoms with Gasteiger partial charge in [-0.15, -0.1) is 0 Å². The zero-order valence-corrected chi connectivity index (χ0v) is 7.66. The summed E-state index contributed by atoms with van der Waals surface area (Å²) in [6, 6.07) is 0. The van der Waals surface area contributed by atoms with Crippen LogP contribution in [0, 0.1) is 11.8 Å². The van der Waals surface area contributed by atoms with E-state index in [2.05, 4.69) is 12.1 Å². The summed E-state index contributed by atoms with van der Waals surface area (Å²) in [5, 5.41) is 11.6. The third-order valence-electron chi connectivity index (χ3n) is 2.89. The van der Waals surface area contributed by atoms with Crippen LogP contribution in [0.2, 0.25) is 0 Å². The minimum Gasteiger partial charge on any atom is -0.409 e. The van der Waals surface area contributed by atoms with Crippen LogP contribution in [0.5, 0.6) is 0 Å². The van der Waals surface area contributed by atoms with Crippen molar-refractivity contribution in [3.63, 3.8) is 0 Å². The summed E-state index contributed by atoms with van der Waals surface area (Å²) in [5.41, 5.74) is 5.56. The molecule has 0 spiro atoms. The fourth-order valence-corrected chi connectivity index (χ4v) is 2.01. The molecule has 0 aromatic rings. The standard InChI is InChI=1S/C9H18N2O/c1-2-7-4-3-5-8(6-7)9(10)11-12/h7-8,12H,2-6H2,1H3,(H2,10,11). The normalized spacial score (nSPS) is 31.9. The first-order valence-corrected chi connectivity index (χ1v) is 4.75. The van der Waals surface area contributed by atoms with Crippen molar-refractivity contribution in [3.05, 3.63) is 0 Å². The van der Waals surface area contributed by atoms with Gasteiger partial charge in [0, 0.05) is 5.92 Å². The van der Waals surface area contributed by atoms with Crippen LogP contribution < -0.4 is 5.73 Å². The Labute approximate surface area is 73.6 Å². The molecule has 0 saturated heterocycles. The van der Waals surface area contributed by atoms with Gasteiger partial charge in [0.05, 0.1) is 0 Å². The maximum Gasteiger partial charge on any atom is 0.142 e. The minimum atomic E-state index is 0.327. The fraction of sp³-hybridized carbons (Fsp3) is 0.889. The number of hydrogen-bond donors (Lipinski definition) is 2. The first-order chi connectivity index (χ1) is 5.77. The molecule has 1 rings (SSSR count). The van der Waals surface area contributed by atoms with Gasteiger partial charge in [-0.2, -0.15) is 0 Å². The molecule has 0 aromatic heterocycles. The molecule has 3 N–H and O–H groups in total. The molecule has 1 aliphatic rings. The Morgan fingerprint density at radius 2 is 2.33 bits per heavy atom. The van der Waals surface area contributed by atoms with E-state index in [0.717, 1.165) is 18.8 Å². The second kappa shape index (κ2) is 4.33. The zero-order valence-electron chi connectivity index (χ0n) is 7.66. The molecule has 1 fully saturated rings. The molecule has 2 atom stereocenters. The predicted octanol–water partition coefficient (Wildman–Crippen LogP) is 1.95. The van der Waals surface area contributed by atoms with Gasteiger partial charge in [-0.3, -0.25) is 0 Å². The third kappa shape index (κ3) is 2.13. The minimum absolute atomic E-state index is 0.327. The van der Waals surface area contributed by atoms with Crippen molar-refractivity contribution in [2.45, 2.75) is 39.0 Å². The van der Waals surface area contributed by atoms with Crippen molar-refractivity contribution in [3.8, 4) is 0 Å². The zero-order chi connectivity index (χ0) is 8.97. The third-order valence-corrected chi connectivity index (χ3v) is 2.89. The van der Waals surface area contributed by atoms with Crippen LogP contribution >= 0.6 is 0 Å². The topological polar surface area (TPSA) is 58.6 Å². The van der Waals surface area contributed by atoms with Crippen LogP contribution in [-0.4, -0.2) is 11.0 Å². The van der Waals surface area contributed by atoms with Crippen LogP contribution in [0.1, 0.15) is 39.0 Å². The van der Waals surface area contributed by atoms with Gasteiger partial charge in [0.2, 0.25) is 0 Å². The molecule has 0 radical (unpaired) electrons. The first kappa shape index (κ1) is 9.36. The molecule has 0 aliphatic heterocycles. The summed E-state index contributed by atoms with van der Waals surface area (Å²) >= 11 is 0. The van der Waals surface area contributed by atoms with Crippen molar-refractivity contribution in [1.82, 2.24) is 0 Å². The second-order valence-corrected chi connectivity index (χ2v) is 3.66. The molecule has 0 heterocycles. The summed E-state index contributed by atoms with van der Waals surface area (Å²) in [7, 11) is 0. The number of nitrogens with two attached hydrogens (primary N) is 1. The molecular formula is C9H18N2O. The molecule has 0 amide bonds.